The molecule has 1 unspecified atom stereocenters. The minimum atomic E-state index is -4.92. The van der Waals surface area contributed by atoms with E-state index in [0.717, 1.165) is 31.6 Å². The minimum Gasteiger partial charge on any atom is -0.488 e. The highest BCUT2D eigenvalue weighted by atomic mass is 19.4. The summed E-state index contributed by atoms with van der Waals surface area (Å²) in [5, 5.41) is 0. The first-order chi connectivity index (χ1) is 8.05. The average molecular weight is 245 g/mol. The second kappa shape index (κ2) is 5.00. The van der Waals surface area contributed by atoms with Crippen LogP contribution in [0.1, 0.15) is 12.8 Å². The average Bonchev–Trinajstić information content (AvgIpc) is 2.30. The van der Waals surface area contributed by atoms with Crippen molar-refractivity contribution in [2.75, 3.05) is 13.2 Å². The lowest BCUT2D eigenvalue weighted by Gasteiger charge is -2.23. The fraction of sp³-hybridized carbons (Fsp3) is 0.455. The molecule has 0 spiro atoms. The van der Waals surface area contributed by atoms with Crippen LogP contribution in [-0.2, 0) is 4.74 Å². The zero-order valence-electron chi connectivity index (χ0n) is 9.24. The van der Waals surface area contributed by atoms with Gasteiger partial charge in [0.1, 0.15) is 11.9 Å². The first-order valence-electron chi connectivity index (χ1n) is 5.60. The van der Waals surface area contributed by atoms with E-state index in [1.165, 1.54) is 12.1 Å². The van der Waals surface area contributed by atoms with E-state index in [1.807, 2.05) is 0 Å². The summed E-state index contributed by atoms with van der Waals surface area (Å²) in [7, 11) is 0. The Hall–Kier alpha value is -1.17. The SMILES string of the molecule is F[B-](F)(F)c1ccc(OC2CCCOC2)cc1. The molecule has 1 aromatic carbocycles. The maximum absolute atomic E-state index is 12.4. The second-order valence-corrected chi connectivity index (χ2v) is 4.10. The van der Waals surface area contributed by atoms with Crippen LogP contribution in [0, 0.1) is 0 Å². The normalized spacial score (nSPS) is 21.2. The summed E-state index contributed by atoms with van der Waals surface area (Å²) < 4.78 is 47.9. The zero-order chi connectivity index (χ0) is 12.3. The van der Waals surface area contributed by atoms with Gasteiger partial charge in [-0.2, -0.15) is 0 Å². The van der Waals surface area contributed by atoms with E-state index < -0.39 is 12.4 Å². The molecule has 94 valence electrons. The van der Waals surface area contributed by atoms with Crippen LogP contribution in [0.25, 0.3) is 0 Å². The molecule has 1 saturated heterocycles. The quantitative estimate of drug-likeness (QED) is 0.760. The molecule has 0 radical (unpaired) electrons. The van der Waals surface area contributed by atoms with E-state index in [9.17, 15) is 12.9 Å². The number of rotatable bonds is 3. The van der Waals surface area contributed by atoms with Crippen molar-refractivity contribution in [2.24, 2.45) is 0 Å². The topological polar surface area (TPSA) is 18.5 Å². The monoisotopic (exact) mass is 245 g/mol. The molecule has 0 amide bonds. The minimum absolute atomic E-state index is 0.0500. The Labute approximate surface area is 97.8 Å². The molecule has 1 aliphatic heterocycles. The Bertz CT molecular complexity index is 358. The molecule has 0 N–H and O–H groups in total. The molecular formula is C11H13BF3O2-. The summed E-state index contributed by atoms with van der Waals surface area (Å²) in [6, 6.07) is 4.83. The highest BCUT2D eigenvalue weighted by molar-refractivity contribution is 6.73. The maximum atomic E-state index is 12.4. The van der Waals surface area contributed by atoms with Gasteiger partial charge in [0.05, 0.1) is 6.61 Å². The van der Waals surface area contributed by atoms with Gasteiger partial charge < -0.3 is 22.4 Å². The summed E-state index contributed by atoms with van der Waals surface area (Å²) in [5.41, 5.74) is -0.600. The summed E-state index contributed by atoms with van der Waals surface area (Å²) in [5.74, 6) is 0.462. The number of hydrogen-bond acceptors (Lipinski definition) is 2. The molecule has 1 atom stereocenters. The van der Waals surface area contributed by atoms with Gasteiger partial charge >= 0.3 is 6.98 Å². The molecule has 1 aromatic rings. The Kier molecular flexibility index (Phi) is 3.62. The van der Waals surface area contributed by atoms with Crippen LogP contribution < -0.4 is 10.2 Å². The Morgan fingerprint density at radius 2 is 1.88 bits per heavy atom. The Balaban J connectivity index is 1.98. The molecule has 0 bridgehead atoms. The molecular weight excluding hydrogens is 232 g/mol. The van der Waals surface area contributed by atoms with Crippen LogP contribution in [0.15, 0.2) is 24.3 Å². The van der Waals surface area contributed by atoms with Crippen molar-refractivity contribution >= 4 is 12.4 Å². The number of hydrogen-bond donors (Lipinski definition) is 0. The number of ether oxygens (including phenoxy) is 2. The maximum Gasteiger partial charge on any atom is 0.509 e. The molecule has 1 aliphatic rings. The van der Waals surface area contributed by atoms with Gasteiger partial charge in [-0.15, -0.1) is 5.46 Å². The van der Waals surface area contributed by atoms with Crippen LogP contribution in [0.5, 0.6) is 5.75 Å². The van der Waals surface area contributed by atoms with Crippen molar-refractivity contribution in [1.82, 2.24) is 0 Å². The summed E-state index contributed by atoms with van der Waals surface area (Å²) in [4.78, 5) is 0. The first-order valence-corrected chi connectivity index (χ1v) is 5.60. The van der Waals surface area contributed by atoms with Crippen molar-refractivity contribution in [3.8, 4) is 5.75 Å². The van der Waals surface area contributed by atoms with Gasteiger partial charge in [-0.1, -0.05) is 12.1 Å². The highest BCUT2D eigenvalue weighted by Crippen LogP contribution is 2.17. The van der Waals surface area contributed by atoms with E-state index in [2.05, 4.69) is 0 Å². The Morgan fingerprint density at radius 1 is 1.18 bits per heavy atom. The van der Waals surface area contributed by atoms with Gasteiger partial charge in [0.15, 0.2) is 0 Å². The van der Waals surface area contributed by atoms with E-state index in [1.54, 1.807) is 0 Å². The molecule has 2 nitrogen and oxygen atoms in total. The molecule has 1 heterocycles. The highest BCUT2D eigenvalue weighted by Gasteiger charge is 2.25. The predicted molar refractivity (Wildman–Crippen MR) is 59.6 cm³/mol. The summed E-state index contributed by atoms with van der Waals surface area (Å²) in [6.07, 6.45) is 1.75. The van der Waals surface area contributed by atoms with Gasteiger partial charge in [-0.3, -0.25) is 0 Å². The second-order valence-electron chi connectivity index (χ2n) is 4.10. The van der Waals surface area contributed by atoms with Gasteiger partial charge in [0.2, 0.25) is 0 Å². The lowest BCUT2D eigenvalue weighted by Crippen LogP contribution is -2.33. The third-order valence-electron chi connectivity index (χ3n) is 2.68. The van der Waals surface area contributed by atoms with Crippen molar-refractivity contribution in [3.05, 3.63) is 24.3 Å². The van der Waals surface area contributed by atoms with Crippen LogP contribution in [0.2, 0.25) is 0 Å². The first kappa shape index (κ1) is 12.3. The Morgan fingerprint density at radius 3 is 2.41 bits per heavy atom. The van der Waals surface area contributed by atoms with Crippen LogP contribution in [0.3, 0.4) is 0 Å². The van der Waals surface area contributed by atoms with E-state index in [-0.39, 0.29) is 6.10 Å². The third kappa shape index (κ3) is 3.39. The fourth-order valence-corrected chi connectivity index (χ4v) is 1.76. The zero-order valence-corrected chi connectivity index (χ0v) is 9.24. The summed E-state index contributed by atoms with van der Waals surface area (Å²) >= 11 is 0. The number of halogens is 3. The van der Waals surface area contributed by atoms with Gasteiger partial charge in [-0.25, -0.2) is 0 Å². The fourth-order valence-electron chi connectivity index (χ4n) is 1.76. The van der Waals surface area contributed by atoms with Crippen molar-refractivity contribution < 1.29 is 22.4 Å². The van der Waals surface area contributed by atoms with Crippen LogP contribution >= 0.6 is 0 Å². The van der Waals surface area contributed by atoms with Crippen LogP contribution in [0.4, 0.5) is 12.9 Å². The van der Waals surface area contributed by atoms with Gasteiger partial charge in [-0.05, 0) is 25.0 Å². The molecule has 0 saturated carbocycles. The van der Waals surface area contributed by atoms with Gasteiger partial charge in [0, 0.05) is 6.61 Å². The lowest BCUT2D eigenvalue weighted by molar-refractivity contribution is 0.00744. The van der Waals surface area contributed by atoms with Crippen molar-refractivity contribution in [3.63, 3.8) is 0 Å². The van der Waals surface area contributed by atoms with E-state index in [0.29, 0.717) is 12.4 Å². The van der Waals surface area contributed by atoms with Crippen molar-refractivity contribution in [1.29, 1.82) is 0 Å². The van der Waals surface area contributed by atoms with E-state index >= 15 is 0 Å². The van der Waals surface area contributed by atoms with Gasteiger partial charge in [0.25, 0.3) is 0 Å². The smallest absolute Gasteiger partial charge is 0.488 e. The standard InChI is InChI=1S/C11H13BF3O2/c13-12(14,15)9-3-5-10(6-4-9)17-11-2-1-7-16-8-11/h3-6,11H,1-2,7-8H2/q-1. The van der Waals surface area contributed by atoms with E-state index in [4.69, 9.17) is 9.47 Å². The van der Waals surface area contributed by atoms with Crippen molar-refractivity contribution in [2.45, 2.75) is 18.9 Å². The summed E-state index contributed by atoms with van der Waals surface area (Å²) in [6.45, 7) is -3.69. The third-order valence-corrected chi connectivity index (χ3v) is 2.68. The molecule has 17 heavy (non-hydrogen) atoms. The molecule has 2 rings (SSSR count). The molecule has 0 aromatic heterocycles. The molecule has 1 fully saturated rings. The van der Waals surface area contributed by atoms with Crippen LogP contribution in [-0.4, -0.2) is 26.3 Å². The molecule has 6 heteroatoms. The predicted octanol–water partition coefficient (Wildman–Crippen LogP) is 2.30. The number of benzene rings is 1. The largest absolute Gasteiger partial charge is 0.509 e. The lowest BCUT2D eigenvalue weighted by atomic mass is 9.80. The molecule has 0 aliphatic carbocycles.